The predicted molar refractivity (Wildman–Crippen MR) is 124 cm³/mol. The molecule has 0 heterocycles. The highest BCUT2D eigenvalue weighted by Crippen LogP contribution is 2.30. The zero-order valence-electron chi connectivity index (χ0n) is 17.9. The van der Waals surface area contributed by atoms with Crippen LogP contribution >= 0.6 is 11.6 Å². The number of hydrogen-bond donors (Lipinski definition) is 0. The van der Waals surface area contributed by atoms with E-state index in [1.165, 1.54) is 12.0 Å². The zero-order chi connectivity index (χ0) is 22.8. The van der Waals surface area contributed by atoms with Crippen molar-refractivity contribution in [2.45, 2.75) is 20.5 Å². The highest BCUT2D eigenvalue weighted by Gasteiger charge is 2.20. The van der Waals surface area contributed by atoms with Crippen LogP contribution in [0.1, 0.15) is 23.6 Å². The topological polar surface area (TPSA) is 60.4 Å². The van der Waals surface area contributed by atoms with Crippen LogP contribution in [0.2, 0.25) is 5.02 Å². The second-order valence-electron chi connectivity index (χ2n) is 6.53. The van der Waals surface area contributed by atoms with Crippen molar-refractivity contribution < 1.29 is 19.1 Å². The molecule has 2 aromatic rings. The monoisotopic (exact) mass is 440 g/mol. The average Bonchev–Trinajstić information content (AvgIpc) is 2.76. The number of oxime groups is 1. The molecule has 2 rings (SSSR count). The molecular weight excluding hydrogens is 416 g/mol. The van der Waals surface area contributed by atoms with Crippen molar-refractivity contribution in [2.75, 3.05) is 25.2 Å². The fourth-order valence-corrected chi connectivity index (χ4v) is 3.04. The van der Waals surface area contributed by atoms with E-state index in [9.17, 15) is 4.79 Å². The smallest absolute Gasteiger partial charge is 0.414 e. The molecule has 0 atom stereocenters. The van der Waals surface area contributed by atoms with Crippen molar-refractivity contribution in [1.82, 2.24) is 0 Å². The molecule has 0 fully saturated rings. The van der Waals surface area contributed by atoms with E-state index in [2.05, 4.69) is 17.7 Å². The summed E-state index contributed by atoms with van der Waals surface area (Å²) < 4.78 is 10.9. The summed E-state index contributed by atoms with van der Waals surface area (Å²) in [4.78, 5) is 18.7. The first-order chi connectivity index (χ1) is 14.9. The lowest BCUT2D eigenvalue weighted by Gasteiger charge is -2.23. The number of benzene rings is 2. The Balaban J connectivity index is 2.25. The number of nitrogens with zero attached hydrogens (tertiary/aromatic N) is 2. The molecule has 0 aliphatic heterocycles. The van der Waals surface area contributed by atoms with Gasteiger partial charge in [-0.3, -0.25) is 4.90 Å². The zero-order valence-corrected chi connectivity index (χ0v) is 18.6. The van der Waals surface area contributed by atoms with Gasteiger partial charge in [-0.25, -0.2) is 4.79 Å². The van der Waals surface area contributed by atoms with Crippen molar-refractivity contribution in [3.63, 3.8) is 0 Å². The van der Waals surface area contributed by atoms with Gasteiger partial charge in [0.25, 0.3) is 0 Å². The van der Waals surface area contributed by atoms with Gasteiger partial charge in [-0.1, -0.05) is 41.4 Å². The Bertz CT molecular complexity index is 1010. The van der Waals surface area contributed by atoms with Gasteiger partial charge in [0.05, 0.1) is 25.1 Å². The number of halogens is 1. The number of ether oxygens (including phenoxy) is 2. The Morgan fingerprint density at radius 1 is 1.35 bits per heavy atom. The minimum absolute atomic E-state index is 0.0419. The Hall–Kier alpha value is -3.43. The Kier molecular flexibility index (Phi) is 8.98. The fraction of sp³-hybridized carbons (Fsp3) is 0.250. The largest absolute Gasteiger partial charge is 0.488 e. The van der Waals surface area contributed by atoms with E-state index >= 15 is 0 Å². The lowest BCUT2D eigenvalue weighted by Crippen LogP contribution is -2.32. The molecule has 0 saturated carbocycles. The van der Waals surface area contributed by atoms with Crippen LogP contribution in [0.3, 0.4) is 0 Å². The molecular formula is C24H25ClN2O4. The van der Waals surface area contributed by atoms with Gasteiger partial charge in [0.15, 0.2) is 0 Å². The van der Waals surface area contributed by atoms with Crippen LogP contribution in [-0.4, -0.2) is 32.1 Å². The van der Waals surface area contributed by atoms with E-state index in [4.69, 9.17) is 32.3 Å². The first-order valence-corrected chi connectivity index (χ1v) is 9.88. The maximum atomic E-state index is 12.2. The van der Waals surface area contributed by atoms with Crippen LogP contribution in [0.25, 0.3) is 0 Å². The number of carbonyl (C=O) groups is 1. The second-order valence-corrected chi connectivity index (χ2v) is 6.94. The number of rotatable bonds is 9. The number of aryl methyl sites for hydroxylation is 1. The van der Waals surface area contributed by atoms with Gasteiger partial charge in [0.2, 0.25) is 0 Å². The first kappa shape index (κ1) is 23.8. The third-order valence-corrected chi connectivity index (χ3v) is 4.74. The van der Waals surface area contributed by atoms with Crippen LogP contribution in [-0.2, 0) is 16.2 Å². The predicted octanol–water partition coefficient (Wildman–Crippen LogP) is 5.36. The number of methoxy groups -OCH3 is 1. The third kappa shape index (κ3) is 6.27. The molecule has 31 heavy (non-hydrogen) atoms. The highest BCUT2D eigenvalue weighted by molar-refractivity contribution is 6.31. The van der Waals surface area contributed by atoms with Crippen LogP contribution in [0.5, 0.6) is 5.75 Å². The molecule has 0 aliphatic rings. The van der Waals surface area contributed by atoms with Crippen LogP contribution in [0.4, 0.5) is 10.5 Å². The van der Waals surface area contributed by atoms with E-state index in [-0.39, 0.29) is 13.2 Å². The number of hydrogen-bond acceptors (Lipinski definition) is 5. The molecule has 0 bridgehead atoms. The summed E-state index contributed by atoms with van der Waals surface area (Å²) in [7, 11) is 1.30. The van der Waals surface area contributed by atoms with Gasteiger partial charge in [0.1, 0.15) is 19.0 Å². The fourth-order valence-electron chi connectivity index (χ4n) is 2.82. The van der Waals surface area contributed by atoms with E-state index in [0.29, 0.717) is 28.6 Å². The Morgan fingerprint density at radius 2 is 2.13 bits per heavy atom. The molecule has 6 nitrogen and oxygen atoms in total. The second kappa shape index (κ2) is 11.7. The van der Waals surface area contributed by atoms with Crippen molar-refractivity contribution in [3.05, 3.63) is 70.8 Å². The third-order valence-electron chi connectivity index (χ3n) is 4.39. The molecule has 0 aliphatic carbocycles. The lowest BCUT2D eigenvalue weighted by molar-refractivity contribution is 0.175. The standard InChI is InChI=1S/C24H25ClN2O4/c1-6-13-27(24(28)29-5)22-10-8-9-21(25)20(22)16-30-23-12-11-19(15-17(23)3)18(4)26-31-14-7-2/h1,7-12,15H,2,13-14,16H2,3-5H3/b26-18+. The van der Waals surface area contributed by atoms with E-state index < -0.39 is 6.09 Å². The molecule has 0 radical (unpaired) electrons. The highest BCUT2D eigenvalue weighted by atomic mass is 35.5. The van der Waals surface area contributed by atoms with Gasteiger partial charge >= 0.3 is 6.09 Å². The molecule has 1 amide bonds. The molecule has 0 spiro atoms. The normalized spacial score (nSPS) is 10.7. The quantitative estimate of drug-likeness (QED) is 0.173. The first-order valence-electron chi connectivity index (χ1n) is 9.50. The summed E-state index contributed by atoms with van der Waals surface area (Å²) in [6.07, 6.45) is 6.48. The summed E-state index contributed by atoms with van der Waals surface area (Å²) in [6, 6.07) is 10.9. The number of anilines is 1. The molecule has 0 N–H and O–H groups in total. The van der Waals surface area contributed by atoms with Gasteiger partial charge < -0.3 is 14.3 Å². The van der Waals surface area contributed by atoms with Crippen LogP contribution < -0.4 is 9.64 Å². The molecule has 2 aromatic carbocycles. The molecule has 0 saturated heterocycles. The number of terminal acetylenes is 1. The molecule has 162 valence electrons. The molecule has 0 unspecified atom stereocenters. The number of amides is 1. The van der Waals surface area contributed by atoms with E-state index in [0.717, 1.165) is 16.8 Å². The summed E-state index contributed by atoms with van der Waals surface area (Å²) in [6.45, 7) is 7.92. The van der Waals surface area contributed by atoms with Gasteiger partial charge in [-0.15, -0.1) is 6.42 Å². The van der Waals surface area contributed by atoms with E-state index in [1.54, 1.807) is 24.3 Å². The minimum Gasteiger partial charge on any atom is -0.488 e. The number of carbonyl (C=O) groups excluding carboxylic acids is 1. The van der Waals surface area contributed by atoms with Gasteiger partial charge in [-0.2, -0.15) is 0 Å². The van der Waals surface area contributed by atoms with E-state index in [1.807, 2.05) is 32.0 Å². The Morgan fingerprint density at radius 3 is 2.77 bits per heavy atom. The van der Waals surface area contributed by atoms with Crippen molar-refractivity contribution in [2.24, 2.45) is 5.16 Å². The SMILES string of the molecule is C#CCN(C(=O)OC)c1cccc(Cl)c1COc1ccc(/C(C)=N/OCC=C)cc1C. The van der Waals surface area contributed by atoms with Crippen LogP contribution in [0, 0.1) is 19.3 Å². The van der Waals surface area contributed by atoms with Crippen molar-refractivity contribution >= 4 is 29.1 Å². The van der Waals surface area contributed by atoms with Crippen LogP contribution in [0.15, 0.2) is 54.2 Å². The maximum Gasteiger partial charge on any atom is 0.414 e. The van der Waals surface area contributed by atoms with Gasteiger partial charge in [-0.05, 0) is 55.3 Å². The minimum atomic E-state index is -0.574. The van der Waals surface area contributed by atoms with Crippen molar-refractivity contribution in [1.29, 1.82) is 0 Å². The molecule has 0 aromatic heterocycles. The summed E-state index contributed by atoms with van der Waals surface area (Å²) >= 11 is 6.41. The van der Waals surface area contributed by atoms with Crippen molar-refractivity contribution in [3.8, 4) is 18.1 Å². The average molecular weight is 441 g/mol. The summed E-state index contributed by atoms with van der Waals surface area (Å²) in [5, 5.41) is 4.51. The Labute approximate surface area is 188 Å². The maximum absolute atomic E-state index is 12.2. The van der Waals surface area contributed by atoms with Gasteiger partial charge in [0, 0.05) is 10.6 Å². The lowest BCUT2D eigenvalue weighted by atomic mass is 10.1. The molecule has 7 heteroatoms. The summed E-state index contributed by atoms with van der Waals surface area (Å²) in [5.74, 6) is 3.14. The summed E-state index contributed by atoms with van der Waals surface area (Å²) in [5.41, 5.74) is 3.74.